The summed E-state index contributed by atoms with van der Waals surface area (Å²) in [5.74, 6) is -0.902. The van der Waals surface area contributed by atoms with Gasteiger partial charge in [-0.25, -0.2) is 4.98 Å². The van der Waals surface area contributed by atoms with Crippen molar-refractivity contribution in [1.82, 2.24) is 15.2 Å². The van der Waals surface area contributed by atoms with Gasteiger partial charge in [0.1, 0.15) is 0 Å². The summed E-state index contributed by atoms with van der Waals surface area (Å²) in [6.07, 6.45) is -0.337. The number of hydrogen-bond donors (Lipinski definition) is 3. The van der Waals surface area contributed by atoms with Gasteiger partial charge in [-0.1, -0.05) is 45.0 Å². The van der Waals surface area contributed by atoms with Crippen molar-refractivity contribution >= 4 is 35.6 Å². The number of halogens is 1. The predicted molar refractivity (Wildman–Crippen MR) is 130 cm³/mol. The molecule has 0 saturated carbocycles. The van der Waals surface area contributed by atoms with E-state index in [4.69, 9.17) is 5.73 Å². The summed E-state index contributed by atoms with van der Waals surface area (Å²) in [6, 6.07) is 6.70. The monoisotopic (exact) mass is 480 g/mol. The molecular weight excluding hydrogens is 448 g/mol. The normalized spacial score (nSPS) is 21.0. The molecule has 0 unspecified atom stereocenters. The first-order chi connectivity index (χ1) is 14.5. The highest BCUT2D eigenvalue weighted by Gasteiger charge is 2.40. The molecule has 0 spiro atoms. The zero-order valence-electron chi connectivity index (χ0n) is 19.2. The van der Waals surface area contributed by atoms with Gasteiger partial charge in [-0.2, -0.15) is 0 Å². The first kappa shape index (κ1) is 26.4. The minimum atomic E-state index is -0.795. The van der Waals surface area contributed by atoms with Crippen LogP contribution in [0.5, 0.6) is 0 Å². The summed E-state index contributed by atoms with van der Waals surface area (Å²) in [5, 5.41) is 12.7. The maximum Gasteiger partial charge on any atom is 0.244 e. The van der Waals surface area contributed by atoms with Gasteiger partial charge in [-0.3, -0.25) is 19.8 Å². The van der Waals surface area contributed by atoms with E-state index >= 15 is 0 Å². The quantitative estimate of drug-likeness (QED) is 0.607. The van der Waals surface area contributed by atoms with E-state index in [-0.39, 0.29) is 24.9 Å². The zero-order valence-corrected chi connectivity index (χ0v) is 20.8. The van der Waals surface area contributed by atoms with Gasteiger partial charge in [0.25, 0.3) is 0 Å². The predicted octanol–water partition coefficient (Wildman–Crippen LogP) is 3.05. The highest BCUT2D eigenvalue weighted by molar-refractivity contribution is 7.13. The lowest BCUT2D eigenvalue weighted by Gasteiger charge is -2.31. The van der Waals surface area contributed by atoms with Crippen molar-refractivity contribution in [2.75, 3.05) is 6.54 Å². The van der Waals surface area contributed by atoms with Crippen molar-refractivity contribution < 1.29 is 14.7 Å². The van der Waals surface area contributed by atoms with Crippen molar-refractivity contribution in [2.24, 2.45) is 11.1 Å². The van der Waals surface area contributed by atoms with Crippen LogP contribution in [0.15, 0.2) is 29.8 Å². The number of hydrogen-bond acceptors (Lipinski definition) is 7. The maximum absolute atomic E-state index is 12.9. The molecule has 1 fully saturated rings. The third kappa shape index (κ3) is 5.74. The van der Waals surface area contributed by atoms with Crippen LogP contribution in [-0.4, -0.2) is 51.5 Å². The summed E-state index contributed by atoms with van der Waals surface area (Å²) >= 11 is 1.61. The Kier molecular flexibility index (Phi) is 8.58. The van der Waals surface area contributed by atoms with Crippen LogP contribution in [0.4, 0.5) is 0 Å². The number of aliphatic hydroxyl groups is 1. The molecule has 7 nitrogen and oxygen atoms in total. The van der Waals surface area contributed by atoms with Gasteiger partial charge in [0.05, 0.1) is 34.3 Å². The molecule has 0 aliphatic carbocycles. The number of carbonyl (C=O) groups excluding carboxylic acids is 2. The number of imide groups is 1. The van der Waals surface area contributed by atoms with Crippen LogP contribution in [0.25, 0.3) is 10.4 Å². The van der Waals surface area contributed by atoms with Crippen LogP contribution in [0, 0.1) is 12.3 Å². The molecule has 4 N–H and O–H groups in total. The number of carbonyl (C=O) groups is 2. The van der Waals surface area contributed by atoms with Gasteiger partial charge in [0, 0.05) is 12.6 Å². The van der Waals surface area contributed by atoms with Crippen LogP contribution >= 0.6 is 23.7 Å². The Morgan fingerprint density at radius 3 is 2.44 bits per heavy atom. The first-order valence-corrected chi connectivity index (χ1v) is 11.4. The average molecular weight is 481 g/mol. The molecule has 2 aromatic rings. The fraction of sp³-hybridized carbons (Fsp3) is 0.522. The number of nitrogens with one attached hydrogen (secondary N) is 1. The Balaban J connectivity index is 0.00000363. The molecule has 4 atom stereocenters. The van der Waals surface area contributed by atoms with Crippen molar-refractivity contribution in [3.8, 4) is 10.4 Å². The molecule has 1 aromatic heterocycles. The molecule has 1 saturated heterocycles. The SMILES string of the molecule is Cc1ncsc1-c1ccc([C@H](C)N2C[C@H](O)C[C@H]2C(=O)NC(=O)[C@H](N)C(C)(C)C)cc1.Cl. The molecular formula is C23H33ClN4O3S. The number of aromatic nitrogens is 1. The second kappa shape index (κ2) is 10.4. The number of benzene rings is 1. The van der Waals surface area contributed by atoms with Gasteiger partial charge in [-0.15, -0.1) is 23.7 Å². The molecule has 176 valence electrons. The van der Waals surface area contributed by atoms with Crippen LogP contribution < -0.4 is 11.1 Å². The number of β-amino-alcohol motifs (C(OH)–C–C–N with tert-alkyl or cyclic N) is 1. The van der Waals surface area contributed by atoms with Gasteiger partial charge in [0.2, 0.25) is 11.8 Å². The summed E-state index contributed by atoms with van der Waals surface area (Å²) in [7, 11) is 0. The molecule has 2 amide bonds. The standard InChI is InChI=1S/C23H32N4O3S.ClH/c1-13-19(31-12-25-13)16-8-6-15(7-9-16)14(2)27-11-17(28)10-18(27)21(29)26-22(30)20(24)23(3,4)5;/h6-9,12,14,17-18,20,28H,10-11,24H2,1-5H3,(H,26,29,30);1H/t14-,17+,18-,20-;/m0./s1. The van der Waals surface area contributed by atoms with Crippen molar-refractivity contribution in [3.05, 3.63) is 41.0 Å². The third-order valence-electron chi connectivity index (χ3n) is 5.98. The first-order valence-electron chi connectivity index (χ1n) is 10.5. The number of rotatable bonds is 5. The third-order valence-corrected chi connectivity index (χ3v) is 6.96. The molecule has 3 rings (SSSR count). The van der Waals surface area contributed by atoms with E-state index in [0.29, 0.717) is 6.54 Å². The molecule has 2 heterocycles. The minimum Gasteiger partial charge on any atom is -0.392 e. The Labute approximate surface area is 199 Å². The van der Waals surface area contributed by atoms with Crippen molar-refractivity contribution in [3.63, 3.8) is 0 Å². The second-order valence-electron chi connectivity index (χ2n) is 9.36. The minimum absolute atomic E-state index is 0. The summed E-state index contributed by atoms with van der Waals surface area (Å²) in [4.78, 5) is 32.7. The van der Waals surface area contributed by atoms with Crippen molar-refractivity contribution in [1.29, 1.82) is 0 Å². The lowest BCUT2D eigenvalue weighted by molar-refractivity contribution is -0.135. The topological polar surface area (TPSA) is 109 Å². The van der Waals surface area contributed by atoms with Gasteiger partial charge >= 0.3 is 0 Å². The van der Waals surface area contributed by atoms with E-state index in [1.807, 2.05) is 57.2 Å². The molecule has 1 aliphatic heterocycles. The molecule has 9 heteroatoms. The van der Waals surface area contributed by atoms with Gasteiger partial charge < -0.3 is 10.8 Å². The maximum atomic E-state index is 12.9. The fourth-order valence-corrected chi connectivity index (χ4v) is 4.69. The smallest absolute Gasteiger partial charge is 0.244 e. The lowest BCUT2D eigenvalue weighted by Crippen LogP contribution is -2.54. The van der Waals surface area contributed by atoms with Crippen LogP contribution in [0.2, 0.25) is 0 Å². The zero-order chi connectivity index (χ0) is 22.9. The summed E-state index contributed by atoms with van der Waals surface area (Å²) in [5.41, 5.74) is 10.5. The Morgan fingerprint density at radius 2 is 1.91 bits per heavy atom. The molecule has 1 aliphatic rings. The highest BCUT2D eigenvalue weighted by Crippen LogP contribution is 2.32. The Morgan fingerprint density at radius 1 is 1.28 bits per heavy atom. The van der Waals surface area contributed by atoms with E-state index in [0.717, 1.165) is 21.7 Å². The van der Waals surface area contributed by atoms with E-state index in [1.54, 1.807) is 11.3 Å². The van der Waals surface area contributed by atoms with Gasteiger partial charge in [-0.05, 0) is 36.8 Å². The molecule has 0 radical (unpaired) electrons. The Bertz CT molecular complexity index is 941. The van der Waals surface area contributed by atoms with E-state index in [2.05, 4.69) is 22.4 Å². The highest BCUT2D eigenvalue weighted by atomic mass is 35.5. The second-order valence-corrected chi connectivity index (χ2v) is 10.2. The van der Waals surface area contributed by atoms with Gasteiger partial charge in [0.15, 0.2) is 0 Å². The number of nitrogens with two attached hydrogens (primary N) is 1. The van der Waals surface area contributed by atoms with E-state index < -0.39 is 35.4 Å². The lowest BCUT2D eigenvalue weighted by atomic mass is 9.87. The largest absolute Gasteiger partial charge is 0.392 e. The van der Waals surface area contributed by atoms with Crippen LogP contribution in [0.3, 0.4) is 0 Å². The van der Waals surface area contributed by atoms with E-state index in [9.17, 15) is 14.7 Å². The molecule has 0 bridgehead atoms. The summed E-state index contributed by atoms with van der Waals surface area (Å²) < 4.78 is 0. The fourth-order valence-electron chi connectivity index (χ4n) is 3.88. The number of aliphatic hydroxyl groups excluding tert-OH is 1. The van der Waals surface area contributed by atoms with Crippen LogP contribution in [0.1, 0.15) is 51.4 Å². The summed E-state index contributed by atoms with van der Waals surface area (Å²) in [6.45, 7) is 9.93. The number of thiazole rings is 1. The molecule has 1 aromatic carbocycles. The Hall–Kier alpha value is -1.84. The number of nitrogens with zero attached hydrogens (tertiary/aromatic N) is 2. The number of amides is 2. The van der Waals surface area contributed by atoms with E-state index in [1.165, 1.54) is 0 Å². The molecule has 32 heavy (non-hydrogen) atoms. The average Bonchev–Trinajstić information content (AvgIpc) is 3.31. The number of aryl methyl sites for hydroxylation is 1. The van der Waals surface area contributed by atoms with Crippen molar-refractivity contribution in [2.45, 2.75) is 65.3 Å². The van der Waals surface area contributed by atoms with Crippen LogP contribution in [-0.2, 0) is 9.59 Å². The number of likely N-dealkylation sites (tertiary alicyclic amines) is 1.